The average Bonchev–Trinajstić information content (AvgIpc) is 3.02. The average molecular weight is 328 g/mol. The number of ether oxygens (including phenoxy) is 1. The van der Waals surface area contributed by atoms with Crippen LogP contribution in [0.15, 0.2) is 30.7 Å². The van der Waals surface area contributed by atoms with Gasteiger partial charge in [0.2, 0.25) is 5.91 Å². The van der Waals surface area contributed by atoms with Gasteiger partial charge in [0.05, 0.1) is 5.92 Å². The van der Waals surface area contributed by atoms with Crippen LogP contribution >= 0.6 is 0 Å². The van der Waals surface area contributed by atoms with Gasteiger partial charge in [-0.3, -0.25) is 9.78 Å². The number of carbonyl (C=O) groups is 1. The first-order valence-electron chi connectivity index (χ1n) is 8.43. The number of imidazole rings is 1. The van der Waals surface area contributed by atoms with Gasteiger partial charge >= 0.3 is 0 Å². The number of nitrogens with one attached hydrogen (secondary N) is 1. The van der Waals surface area contributed by atoms with Crippen molar-refractivity contribution in [3.05, 3.63) is 47.8 Å². The maximum Gasteiger partial charge on any atom is 0.226 e. The summed E-state index contributed by atoms with van der Waals surface area (Å²) < 4.78 is 7.78. The van der Waals surface area contributed by atoms with Crippen LogP contribution in [0.4, 0.5) is 0 Å². The third-order valence-electron chi connectivity index (χ3n) is 4.43. The standard InChI is InChI=1S/C18H24N4O2/c1-13-5-6-14(21-12-13)7-8-20-18(23)15-4-3-11-24-16(15)17-19-9-10-22(17)2/h5-6,9-10,12,15-16H,3-4,7-8,11H2,1-2H3,(H,20,23)/t15-,16-/m1/s1. The van der Waals surface area contributed by atoms with Crippen LogP contribution in [0.3, 0.4) is 0 Å². The van der Waals surface area contributed by atoms with Gasteiger partial charge in [0.1, 0.15) is 11.9 Å². The Hall–Kier alpha value is -2.21. The van der Waals surface area contributed by atoms with E-state index in [9.17, 15) is 4.79 Å². The third kappa shape index (κ3) is 3.82. The summed E-state index contributed by atoms with van der Waals surface area (Å²) in [6.45, 7) is 3.27. The van der Waals surface area contributed by atoms with Crippen molar-refractivity contribution in [3.63, 3.8) is 0 Å². The Morgan fingerprint density at radius 2 is 2.29 bits per heavy atom. The number of nitrogens with zero attached hydrogens (tertiary/aromatic N) is 3. The molecule has 0 aliphatic carbocycles. The molecule has 2 aromatic heterocycles. The lowest BCUT2D eigenvalue weighted by molar-refractivity contribution is -0.135. The molecule has 6 nitrogen and oxygen atoms in total. The molecule has 3 heterocycles. The van der Waals surface area contributed by atoms with Crippen molar-refractivity contribution in [3.8, 4) is 0 Å². The molecule has 3 rings (SSSR count). The predicted molar refractivity (Wildman–Crippen MR) is 90.3 cm³/mol. The van der Waals surface area contributed by atoms with Gasteiger partial charge in [0.25, 0.3) is 0 Å². The van der Waals surface area contributed by atoms with Crippen LogP contribution in [0.5, 0.6) is 0 Å². The van der Waals surface area contributed by atoms with Gasteiger partial charge in [-0.1, -0.05) is 6.07 Å². The zero-order valence-corrected chi connectivity index (χ0v) is 14.2. The molecule has 0 unspecified atom stereocenters. The van der Waals surface area contributed by atoms with E-state index in [1.165, 1.54) is 0 Å². The SMILES string of the molecule is Cc1ccc(CCNC(=O)[C@@H]2CCCO[C@H]2c2nccn2C)nc1. The minimum Gasteiger partial charge on any atom is -0.369 e. The van der Waals surface area contributed by atoms with E-state index in [1.807, 2.05) is 43.1 Å². The summed E-state index contributed by atoms with van der Waals surface area (Å²) in [4.78, 5) is 21.3. The molecule has 2 atom stereocenters. The number of amides is 1. The molecule has 128 valence electrons. The maximum atomic E-state index is 12.6. The summed E-state index contributed by atoms with van der Waals surface area (Å²) in [6, 6.07) is 4.04. The van der Waals surface area contributed by atoms with E-state index >= 15 is 0 Å². The van der Waals surface area contributed by atoms with Crippen molar-refractivity contribution >= 4 is 5.91 Å². The molecule has 0 spiro atoms. The lowest BCUT2D eigenvalue weighted by Gasteiger charge is -2.30. The van der Waals surface area contributed by atoms with Crippen molar-refractivity contribution in [1.82, 2.24) is 19.9 Å². The fourth-order valence-electron chi connectivity index (χ4n) is 3.05. The molecule has 0 aromatic carbocycles. The highest BCUT2D eigenvalue weighted by Gasteiger charge is 2.35. The summed E-state index contributed by atoms with van der Waals surface area (Å²) in [5.74, 6) is 0.663. The van der Waals surface area contributed by atoms with Gasteiger partial charge in [-0.2, -0.15) is 0 Å². The van der Waals surface area contributed by atoms with Crippen LogP contribution in [0.25, 0.3) is 0 Å². The monoisotopic (exact) mass is 328 g/mol. The lowest BCUT2D eigenvalue weighted by atomic mass is 9.92. The molecular weight excluding hydrogens is 304 g/mol. The fraction of sp³-hybridized carbons (Fsp3) is 0.500. The quantitative estimate of drug-likeness (QED) is 0.911. The summed E-state index contributed by atoms with van der Waals surface area (Å²) in [5, 5.41) is 3.03. The fourth-order valence-corrected chi connectivity index (χ4v) is 3.05. The second-order valence-corrected chi connectivity index (χ2v) is 6.30. The Morgan fingerprint density at radius 1 is 1.42 bits per heavy atom. The van der Waals surface area contributed by atoms with Crippen LogP contribution in [-0.4, -0.2) is 33.6 Å². The second kappa shape index (κ2) is 7.57. The minimum atomic E-state index is -0.267. The van der Waals surface area contributed by atoms with E-state index in [0.29, 0.717) is 13.2 Å². The highest BCUT2D eigenvalue weighted by Crippen LogP contribution is 2.32. The first-order valence-corrected chi connectivity index (χ1v) is 8.43. The molecule has 1 saturated heterocycles. The predicted octanol–water partition coefficient (Wildman–Crippen LogP) is 1.95. The van der Waals surface area contributed by atoms with Crippen molar-refractivity contribution < 1.29 is 9.53 Å². The summed E-state index contributed by atoms with van der Waals surface area (Å²) in [7, 11) is 1.93. The van der Waals surface area contributed by atoms with Crippen LogP contribution < -0.4 is 5.32 Å². The number of hydrogen-bond acceptors (Lipinski definition) is 4. The zero-order valence-electron chi connectivity index (χ0n) is 14.2. The van der Waals surface area contributed by atoms with Crippen molar-refractivity contribution in [2.24, 2.45) is 13.0 Å². The van der Waals surface area contributed by atoms with E-state index in [4.69, 9.17) is 4.74 Å². The molecule has 6 heteroatoms. The zero-order chi connectivity index (χ0) is 16.9. The Morgan fingerprint density at radius 3 is 3.00 bits per heavy atom. The van der Waals surface area contributed by atoms with Crippen molar-refractivity contribution in [2.75, 3.05) is 13.2 Å². The third-order valence-corrected chi connectivity index (χ3v) is 4.43. The summed E-state index contributed by atoms with van der Waals surface area (Å²) in [6.07, 6.45) is 7.66. The molecule has 1 fully saturated rings. The summed E-state index contributed by atoms with van der Waals surface area (Å²) >= 11 is 0. The van der Waals surface area contributed by atoms with Gasteiger partial charge < -0.3 is 14.6 Å². The van der Waals surface area contributed by atoms with Gasteiger partial charge in [0, 0.05) is 50.9 Å². The number of hydrogen-bond donors (Lipinski definition) is 1. The van der Waals surface area contributed by atoms with Gasteiger partial charge in [-0.05, 0) is 31.4 Å². The number of rotatable bonds is 5. The Labute approximate surface area is 142 Å². The molecule has 0 radical (unpaired) electrons. The van der Waals surface area contributed by atoms with Crippen LogP contribution in [0.2, 0.25) is 0 Å². The molecule has 24 heavy (non-hydrogen) atoms. The van der Waals surface area contributed by atoms with E-state index in [1.54, 1.807) is 6.20 Å². The van der Waals surface area contributed by atoms with Crippen molar-refractivity contribution in [1.29, 1.82) is 0 Å². The first-order chi connectivity index (χ1) is 11.6. The molecule has 0 bridgehead atoms. The maximum absolute atomic E-state index is 12.6. The number of aromatic nitrogens is 3. The van der Waals surface area contributed by atoms with Crippen LogP contribution in [0, 0.1) is 12.8 Å². The Balaban J connectivity index is 1.58. The highest BCUT2D eigenvalue weighted by atomic mass is 16.5. The van der Waals surface area contributed by atoms with Crippen LogP contribution in [-0.2, 0) is 23.0 Å². The van der Waals surface area contributed by atoms with E-state index in [2.05, 4.69) is 15.3 Å². The normalized spacial score (nSPS) is 20.8. The topological polar surface area (TPSA) is 69.0 Å². The number of aryl methyl sites for hydroxylation is 2. The molecular formula is C18H24N4O2. The lowest BCUT2D eigenvalue weighted by Crippen LogP contribution is -2.39. The van der Waals surface area contributed by atoms with Crippen LogP contribution in [0.1, 0.15) is 36.0 Å². The largest absolute Gasteiger partial charge is 0.369 e. The Bertz CT molecular complexity index is 681. The molecule has 2 aromatic rings. The smallest absolute Gasteiger partial charge is 0.226 e. The van der Waals surface area contributed by atoms with Gasteiger partial charge in [-0.25, -0.2) is 4.98 Å². The van der Waals surface area contributed by atoms with Gasteiger partial charge in [0.15, 0.2) is 0 Å². The first kappa shape index (κ1) is 16.6. The van der Waals surface area contributed by atoms with E-state index in [-0.39, 0.29) is 17.9 Å². The second-order valence-electron chi connectivity index (χ2n) is 6.30. The van der Waals surface area contributed by atoms with E-state index in [0.717, 1.165) is 36.3 Å². The van der Waals surface area contributed by atoms with Crippen molar-refractivity contribution in [2.45, 2.75) is 32.3 Å². The minimum absolute atomic E-state index is 0.0369. The molecule has 1 aliphatic rings. The summed E-state index contributed by atoms with van der Waals surface area (Å²) in [5.41, 5.74) is 2.13. The molecule has 1 aliphatic heterocycles. The highest BCUT2D eigenvalue weighted by molar-refractivity contribution is 5.79. The number of pyridine rings is 1. The Kier molecular flexibility index (Phi) is 5.25. The van der Waals surface area contributed by atoms with E-state index < -0.39 is 0 Å². The molecule has 1 amide bonds. The molecule has 0 saturated carbocycles. The number of carbonyl (C=O) groups excluding carboxylic acids is 1. The van der Waals surface area contributed by atoms with Gasteiger partial charge in [-0.15, -0.1) is 0 Å². The molecule has 1 N–H and O–H groups in total.